The van der Waals surface area contributed by atoms with Gasteiger partial charge in [0.25, 0.3) is 0 Å². The van der Waals surface area contributed by atoms with Crippen LogP contribution in [0.5, 0.6) is 0 Å². The number of aryl methyl sites for hydroxylation is 1. The molecule has 2 nitrogen and oxygen atoms in total. The molecule has 2 heteroatoms. The Kier molecular flexibility index (Phi) is 3.41. The summed E-state index contributed by atoms with van der Waals surface area (Å²) in [6.45, 7) is 3.03. The van der Waals surface area contributed by atoms with Crippen LogP contribution in [0.2, 0.25) is 0 Å². The molecule has 2 heterocycles. The predicted molar refractivity (Wildman–Crippen MR) is 82.0 cm³/mol. The number of hydrogen-bond acceptors (Lipinski definition) is 2. The smallest absolute Gasteiger partial charge is 0.0658 e. The van der Waals surface area contributed by atoms with Crippen molar-refractivity contribution in [2.75, 3.05) is 6.54 Å². The van der Waals surface area contributed by atoms with E-state index in [9.17, 15) is 0 Å². The lowest BCUT2D eigenvalue weighted by Gasteiger charge is -2.12. The Balaban J connectivity index is 2.00. The molecule has 0 saturated heterocycles. The molecule has 1 aromatic carbocycles. The zero-order chi connectivity index (χ0) is 13.1. The number of allylic oxidation sites excluding steroid dienone is 2. The van der Waals surface area contributed by atoms with Gasteiger partial charge in [0.15, 0.2) is 0 Å². The third kappa shape index (κ3) is 2.73. The van der Waals surface area contributed by atoms with E-state index in [0.717, 1.165) is 37.2 Å². The lowest BCUT2D eigenvalue weighted by Crippen LogP contribution is -2.03. The minimum atomic E-state index is 0.899. The van der Waals surface area contributed by atoms with E-state index in [1.54, 1.807) is 0 Å². The topological polar surface area (TPSA) is 24.7 Å². The second kappa shape index (κ2) is 5.35. The summed E-state index contributed by atoms with van der Waals surface area (Å²) < 4.78 is 0. The van der Waals surface area contributed by atoms with Crippen LogP contribution in [-0.4, -0.2) is 18.5 Å². The quantitative estimate of drug-likeness (QED) is 0.759. The Bertz CT molecular complexity index is 553. The first-order valence-corrected chi connectivity index (χ1v) is 6.89. The van der Waals surface area contributed by atoms with Crippen LogP contribution < -0.4 is 0 Å². The van der Waals surface area contributed by atoms with Crippen LogP contribution in [-0.2, 0) is 0 Å². The average Bonchev–Trinajstić information content (AvgIpc) is 2.48. The maximum Gasteiger partial charge on any atom is 0.0658 e. The van der Waals surface area contributed by atoms with Crippen LogP contribution in [0.25, 0.3) is 5.70 Å². The molecule has 2 aliphatic heterocycles. The third-order valence-corrected chi connectivity index (χ3v) is 3.39. The van der Waals surface area contributed by atoms with Gasteiger partial charge in [-0.05, 0) is 56.0 Å². The third-order valence-electron chi connectivity index (χ3n) is 3.39. The van der Waals surface area contributed by atoms with E-state index < -0.39 is 0 Å². The fourth-order valence-corrected chi connectivity index (χ4v) is 2.48. The highest BCUT2D eigenvalue weighted by atomic mass is 14.7. The molecular formula is C17H18N2. The molecule has 96 valence electrons. The summed E-state index contributed by atoms with van der Waals surface area (Å²) in [5.41, 5.74) is 5.85. The molecule has 0 amide bonds. The molecule has 0 unspecified atom stereocenters. The van der Waals surface area contributed by atoms with Gasteiger partial charge in [-0.15, -0.1) is 0 Å². The summed E-state index contributed by atoms with van der Waals surface area (Å²) in [5.74, 6) is 0. The number of nitrogens with zero attached hydrogens (tertiary/aromatic N) is 2. The molecule has 0 aromatic heterocycles. The van der Waals surface area contributed by atoms with Gasteiger partial charge in [-0.2, -0.15) is 0 Å². The molecule has 3 rings (SSSR count). The Morgan fingerprint density at radius 3 is 2.63 bits per heavy atom. The molecule has 1 aromatic rings. The summed E-state index contributed by atoms with van der Waals surface area (Å²) in [6, 6.07) is 6.60. The highest BCUT2D eigenvalue weighted by Gasteiger charge is 2.08. The molecule has 0 spiro atoms. The van der Waals surface area contributed by atoms with Crippen molar-refractivity contribution >= 4 is 17.6 Å². The van der Waals surface area contributed by atoms with E-state index in [4.69, 9.17) is 0 Å². The minimum Gasteiger partial charge on any atom is -0.284 e. The second-order valence-corrected chi connectivity index (χ2v) is 5.02. The molecule has 2 aliphatic rings. The van der Waals surface area contributed by atoms with Gasteiger partial charge in [-0.3, -0.25) is 9.98 Å². The maximum atomic E-state index is 4.60. The van der Waals surface area contributed by atoms with Crippen LogP contribution in [0.15, 0.2) is 46.4 Å². The largest absolute Gasteiger partial charge is 0.284 e. The zero-order valence-corrected chi connectivity index (χ0v) is 11.3. The number of dihydropyridines is 1. The molecule has 0 saturated carbocycles. The second-order valence-electron chi connectivity index (χ2n) is 5.02. The van der Waals surface area contributed by atoms with Crippen molar-refractivity contribution in [3.8, 4) is 0 Å². The van der Waals surface area contributed by atoms with Crippen molar-refractivity contribution in [1.29, 1.82) is 0 Å². The van der Waals surface area contributed by atoms with Gasteiger partial charge in [0, 0.05) is 23.9 Å². The van der Waals surface area contributed by atoms with Crippen molar-refractivity contribution in [2.24, 2.45) is 9.98 Å². The van der Waals surface area contributed by atoms with E-state index in [-0.39, 0.29) is 0 Å². The molecule has 0 fully saturated rings. The van der Waals surface area contributed by atoms with Gasteiger partial charge >= 0.3 is 0 Å². The summed E-state index contributed by atoms with van der Waals surface area (Å²) >= 11 is 0. The molecule has 0 N–H and O–H groups in total. The maximum absolute atomic E-state index is 4.60. The molecule has 19 heavy (non-hydrogen) atoms. The van der Waals surface area contributed by atoms with Crippen LogP contribution in [0.3, 0.4) is 0 Å². The highest BCUT2D eigenvalue weighted by molar-refractivity contribution is 6.09. The van der Waals surface area contributed by atoms with Crippen molar-refractivity contribution in [1.82, 2.24) is 0 Å². The van der Waals surface area contributed by atoms with E-state index in [0.29, 0.717) is 0 Å². The van der Waals surface area contributed by atoms with Crippen molar-refractivity contribution in [2.45, 2.75) is 26.2 Å². The normalized spacial score (nSPS) is 18.2. The number of aliphatic imine (C=N–C) groups is 2. The predicted octanol–water partition coefficient (Wildman–Crippen LogP) is 3.95. The van der Waals surface area contributed by atoms with Crippen LogP contribution >= 0.6 is 0 Å². The lowest BCUT2D eigenvalue weighted by molar-refractivity contribution is 0.994. The number of benzene rings is 1. The fraction of sp³-hybridized carbons (Fsp3) is 0.294. The van der Waals surface area contributed by atoms with Gasteiger partial charge in [0.1, 0.15) is 0 Å². The summed E-state index contributed by atoms with van der Waals surface area (Å²) in [5, 5.41) is 0. The summed E-state index contributed by atoms with van der Waals surface area (Å²) in [7, 11) is 0. The monoisotopic (exact) mass is 250 g/mol. The van der Waals surface area contributed by atoms with Crippen molar-refractivity contribution in [3.63, 3.8) is 0 Å². The van der Waals surface area contributed by atoms with E-state index in [1.165, 1.54) is 16.7 Å². The Morgan fingerprint density at radius 2 is 1.89 bits per heavy atom. The number of rotatable bonds is 2. The van der Waals surface area contributed by atoms with Gasteiger partial charge in [-0.25, -0.2) is 0 Å². The van der Waals surface area contributed by atoms with Crippen LogP contribution in [0.4, 0.5) is 0 Å². The Hall–Kier alpha value is -1.96. The average molecular weight is 250 g/mol. The SMILES string of the molecule is Cc1cc(C2=CCCC=N2)cc(C2=NCCC=C2)c1. The van der Waals surface area contributed by atoms with Crippen LogP contribution in [0.1, 0.15) is 36.0 Å². The molecule has 0 atom stereocenters. The lowest BCUT2D eigenvalue weighted by atomic mass is 9.99. The van der Waals surface area contributed by atoms with Gasteiger partial charge in [0.05, 0.1) is 11.4 Å². The van der Waals surface area contributed by atoms with E-state index >= 15 is 0 Å². The first-order chi connectivity index (χ1) is 9.33. The van der Waals surface area contributed by atoms with E-state index in [1.807, 2.05) is 6.21 Å². The zero-order valence-electron chi connectivity index (χ0n) is 11.3. The Morgan fingerprint density at radius 1 is 1.00 bits per heavy atom. The molecular weight excluding hydrogens is 232 g/mol. The summed E-state index contributed by atoms with van der Waals surface area (Å²) in [6.07, 6.45) is 11.7. The van der Waals surface area contributed by atoms with Gasteiger partial charge in [-0.1, -0.05) is 12.2 Å². The Labute approximate surface area is 114 Å². The molecule has 0 aliphatic carbocycles. The van der Waals surface area contributed by atoms with E-state index in [2.05, 4.69) is 53.3 Å². The number of hydrogen-bond donors (Lipinski definition) is 0. The standard InChI is InChI=1S/C17H18N2/c1-13-10-14(16-6-2-4-8-18-16)12-15(11-13)17-7-3-5-9-19-17/h2,6-7,9-12H,3-5,8H2,1H3. The van der Waals surface area contributed by atoms with Gasteiger partial charge in [0.2, 0.25) is 0 Å². The minimum absolute atomic E-state index is 0.899. The molecule has 0 radical (unpaired) electrons. The van der Waals surface area contributed by atoms with Crippen molar-refractivity contribution in [3.05, 3.63) is 53.1 Å². The highest BCUT2D eigenvalue weighted by Crippen LogP contribution is 2.23. The van der Waals surface area contributed by atoms with Crippen molar-refractivity contribution < 1.29 is 0 Å². The summed E-state index contributed by atoms with van der Waals surface area (Å²) in [4.78, 5) is 9.10. The first kappa shape index (κ1) is 12.1. The van der Waals surface area contributed by atoms with Gasteiger partial charge < -0.3 is 0 Å². The first-order valence-electron chi connectivity index (χ1n) is 6.89. The van der Waals surface area contributed by atoms with Crippen LogP contribution in [0, 0.1) is 6.92 Å². The molecule has 0 bridgehead atoms. The fourth-order valence-electron chi connectivity index (χ4n) is 2.48.